The van der Waals surface area contributed by atoms with Gasteiger partial charge in [-0.2, -0.15) is 0 Å². The summed E-state index contributed by atoms with van der Waals surface area (Å²) in [4.78, 5) is 14.8. The molecular formula is C33H20ClN3O. The van der Waals surface area contributed by atoms with Crippen molar-refractivity contribution in [3.05, 3.63) is 126 Å². The van der Waals surface area contributed by atoms with E-state index in [0.29, 0.717) is 22.5 Å². The Bertz CT molecular complexity index is 1870. The van der Waals surface area contributed by atoms with Gasteiger partial charge in [0.1, 0.15) is 11.2 Å². The van der Waals surface area contributed by atoms with Gasteiger partial charge in [-0.25, -0.2) is 15.0 Å². The van der Waals surface area contributed by atoms with Crippen LogP contribution in [-0.4, -0.2) is 15.0 Å². The molecule has 0 saturated heterocycles. The highest BCUT2D eigenvalue weighted by Crippen LogP contribution is 2.40. The van der Waals surface area contributed by atoms with Crippen LogP contribution in [0.25, 0.3) is 67.2 Å². The van der Waals surface area contributed by atoms with E-state index in [0.717, 1.165) is 49.8 Å². The Morgan fingerprint density at radius 2 is 1.05 bits per heavy atom. The third-order valence-corrected chi connectivity index (χ3v) is 6.85. The molecule has 0 saturated carbocycles. The molecule has 4 nitrogen and oxygen atoms in total. The second-order valence-corrected chi connectivity index (χ2v) is 9.44. The van der Waals surface area contributed by atoms with Crippen LogP contribution in [0.5, 0.6) is 0 Å². The van der Waals surface area contributed by atoms with Crippen LogP contribution in [0, 0.1) is 0 Å². The summed E-state index contributed by atoms with van der Waals surface area (Å²) in [7, 11) is 0. The second-order valence-electron chi connectivity index (χ2n) is 9.01. The fourth-order valence-corrected chi connectivity index (χ4v) is 5.03. The molecule has 0 aliphatic heterocycles. The number of hydrogen-bond donors (Lipinski definition) is 0. The zero-order valence-electron chi connectivity index (χ0n) is 20.2. The number of benzene rings is 5. The second kappa shape index (κ2) is 9.25. The molecule has 0 spiro atoms. The third-order valence-electron chi connectivity index (χ3n) is 6.62. The molecule has 0 unspecified atom stereocenters. The minimum absolute atomic E-state index is 0.612. The Hall–Kier alpha value is -4.80. The summed E-state index contributed by atoms with van der Waals surface area (Å²) in [6.07, 6.45) is 0. The Morgan fingerprint density at radius 1 is 0.474 bits per heavy atom. The average molecular weight is 510 g/mol. The number of hydrogen-bond acceptors (Lipinski definition) is 4. The Labute approximate surface area is 224 Å². The molecule has 0 atom stereocenters. The molecule has 5 heteroatoms. The average Bonchev–Trinajstić information content (AvgIpc) is 3.35. The molecule has 0 aliphatic carbocycles. The van der Waals surface area contributed by atoms with E-state index in [1.54, 1.807) is 0 Å². The number of halogens is 1. The first kappa shape index (κ1) is 22.4. The van der Waals surface area contributed by atoms with Gasteiger partial charge in [-0.15, -0.1) is 0 Å². The number of nitrogens with zero attached hydrogens (tertiary/aromatic N) is 3. The van der Waals surface area contributed by atoms with Crippen LogP contribution in [0.4, 0.5) is 0 Å². The fraction of sp³-hybridized carbons (Fsp3) is 0. The Balaban J connectivity index is 1.49. The van der Waals surface area contributed by atoms with Crippen molar-refractivity contribution in [2.45, 2.75) is 0 Å². The molecular weight excluding hydrogens is 490 g/mol. The van der Waals surface area contributed by atoms with E-state index in [1.807, 2.05) is 103 Å². The highest BCUT2D eigenvalue weighted by Gasteiger charge is 2.18. The lowest BCUT2D eigenvalue weighted by Crippen LogP contribution is -2.01. The molecule has 0 fully saturated rings. The molecule has 0 aliphatic rings. The van der Waals surface area contributed by atoms with Crippen LogP contribution in [0.2, 0.25) is 5.02 Å². The largest absolute Gasteiger partial charge is 0.456 e. The van der Waals surface area contributed by atoms with Crippen LogP contribution in [-0.2, 0) is 0 Å². The first-order chi connectivity index (χ1) is 18.7. The van der Waals surface area contributed by atoms with Crippen molar-refractivity contribution in [2.75, 3.05) is 0 Å². The van der Waals surface area contributed by atoms with Gasteiger partial charge in [0.05, 0.1) is 0 Å². The molecule has 0 radical (unpaired) electrons. The number of fused-ring (bicyclic) bond motifs is 3. The quantitative estimate of drug-likeness (QED) is 0.237. The van der Waals surface area contributed by atoms with Crippen molar-refractivity contribution >= 4 is 33.5 Å². The zero-order chi connectivity index (χ0) is 25.5. The lowest BCUT2D eigenvalue weighted by Gasteiger charge is -2.12. The first-order valence-corrected chi connectivity index (χ1v) is 12.7. The summed E-state index contributed by atoms with van der Waals surface area (Å²) in [5.74, 6) is 1.87. The van der Waals surface area contributed by atoms with Gasteiger partial charge in [-0.3, -0.25) is 0 Å². The maximum Gasteiger partial charge on any atom is 0.164 e. The summed E-state index contributed by atoms with van der Waals surface area (Å²) in [5.41, 5.74) is 6.41. The molecule has 7 rings (SSSR count). The molecule has 180 valence electrons. The van der Waals surface area contributed by atoms with E-state index in [1.165, 1.54) is 0 Å². The van der Waals surface area contributed by atoms with Crippen molar-refractivity contribution in [3.63, 3.8) is 0 Å². The lowest BCUT2D eigenvalue weighted by molar-refractivity contribution is 0.669. The number of rotatable bonds is 4. The van der Waals surface area contributed by atoms with Gasteiger partial charge >= 0.3 is 0 Å². The van der Waals surface area contributed by atoms with Gasteiger partial charge in [0, 0.05) is 38.6 Å². The number of furan rings is 1. The molecule has 0 N–H and O–H groups in total. The van der Waals surface area contributed by atoms with Gasteiger partial charge in [0.2, 0.25) is 0 Å². The van der Waals surface area contributed by atoms with Crippen molar-refractivity contribution < 1.29 is 4.42 Å². The van der Waals surface area contributed by atoms with E-state index in [9.17, 15) is 0 Å². The van der Waals surface area contributed by atoms with Gasteiger partial charge in [-0.05, 0) is 29.3 Å². The van der Waals surface area contributed by atoms with E-state index in [2.05, 4.69) is 18.2 Å². The van der Waals surface area contributed by atoms with Crippen molar-refractivity contribution in [1.29, 1.82) is 0 Å². The predicted octanol–water partition coefficient (Wildman–Crippen LogP) is 9.09. The molecule has 38 heavy (non-hydrogen) atoms. The van der Waals surface area contributed by atoms with E-state index in [-0.39, 0.29) is 0 Å². The molecule has 0 amide bonds. The minimum atomic E-state index is 0.612. The van der Waals surface area contributed by atoms with Crippen LogP contribution in [0.15, 0.2) is 126 Å². The highest BCUT2D eigenvalue weighted by atomic mass is 35.5. The van der Waals surface area contributed by atoms with Crippen LogP contribution in [0.1, 0.15) is 0 Å². The van der Waals surface area contributed by atoms with Crippen molar-refractivity contribution in [1.82, 2.24) is 15.0 Å². The predicted molar refractivity (Wildman–Crippen MR) is 154 cm³/mol. The first-order valence-electron chi connectivity index (χ1n) is 12.3. The summed E-state index contributed by atoms with van der Waals surface area (Å²) in [6.45, 7) is 0. The molecule has 5 aromatic carbocycles. The highest BCUT2D eigenvalue weighted by molar-refractivity contribution is 6.31. The topological polar surface area (TPSA) is 51.8 Å². The van der Waals surface area contributed by atoms with Crippen molar-refractivity contribution in [2.24, 2.45) is 0 Å². The Kier molecular flexibility index (Phi) is 5.46. The van der Waals surface area contributed by atoms with Gasteiger partial charge in [0.25, 0.3) is 0 Å². The molecule has 7 aromatic rings. The summed E-state index contributed by atoms with van der Waals surface area (Å²) < 4.78 is 6.17. The van der Waals surface area contributed by atoms with E-state index >= 15 is 0 Å². The standard InChI is InChI=1S/C33H20ClN3O/c34-23-18-19-27-29(20-23)38-28-17-9-16-25(30(27)28)24-14-7-8-15-26(24)33-36-31(21-10-3-1-4-11-21)35-32(37-33)22-12-5-2-6-13-22/h1-20H. The summed E-state index contributed by atoms with van der Waals surface area (Å²) in [5, 5.41) is 2.69. The molecule has 0 bridgehead atoms. The number of aromatic nitrogens is 3. The summed E-state index contributed by atoms with van der Waals surface area (Å²) >= 11 is 6.26. The maximum absolute atomic E-state index is 6.26. The van der Waals surface area contributed by atoms with Gasteiger partial charge < -0.3 is 4.42 Å². The van der Waals surface area contributed by atoms with Gasteiger partial charge in [-0.1, -0.05) is 109 Å². The van der Waals surface area contributed by atoms with Gasteiger partial charge in [0.15, 0.2) is 17.5 Å². The maximum atomic E-state index is 6.26. The fourth-order valence-electron chi connectivity index (χ4n) is 4.87. The minimum Gasteiger partial charge on any atom is -0.456 e. The van der Waals surface area contributed by atoms with Crippen LogP contribution in [0.3, 0.4) is 0 Å². The third kappa shape index (κ3) is 3.92. The Morgan fingerprint density at radius 3 is 1.74 bits per heavy atom. The monoisotopic (exact) mass is 509 g/mol. The molecule has 2 heterocycles. The smallest absolute Gasteiger partial charge is 0.164 e. The summed E-state index contributed by atoms with van der Waals surface area (Å²) in [6, 6.07) is 40.1. The van der Waals surface area contributed by atoms with Crippen LogP contribution < -0.4 is 0 Å². The van der Waals surface area contributed by atoms with E-state index < -0.39 is 0 Å². The van der Waals surface area contributed by atoms with Crippen LogP contribution >= 0.6 is 11.6 Å². The SMILES string of the molecule is Clc1ccc2c(c1)oc1cccc(-c3ccccc3-c3nc(-c4ccccc4)nc(-c4ccccc4)n3)c12. The lowest BCUT2D eigenvalue weighted by atomic mass is 9.95. The molecule has 2 aromatic heterocycles. The van der Waals surface area contributed by atoms with E-state index in [4.69, 9.17) is 31.0 Å². The normalized spacial score (nSPS) is 11.3. The van der Waals surface area contributed by atoms with Crippen molar-refractivity contribution in [3.8, 4) is 45.3 Å². The zero-order valence-corrected chi connectivity index (χ0v) is 20.9.